The van der Waals surface area contributed by atoms with Crippen LogP contribution < -0.4 is 9.64 Å². The molecule has 2 aromatic carbocycles. The van der Waals surface area contributed by atoms with Gasteiger partial charge in [0, 0.05) is 17.5 Å². The van der Waals surface area contributed by atoms with E-state index in [2.05, 4.69) is 11.1 Å². The van der Waals surface area contributed by atoms with Crippen LogP contribution >= 0.6 is 11.3 Å². The SMILES string of the molecule is COc1cccc2c1N(C(=O)c1csc(-c3ccccc3)n1)CCC2. The van der Waals surface area contributed by atoms with Gasteiger partial charge in [0.05, 0.1) is 12.8 Å². The van der Waals surface area contributed by atoms with Gasteiger partial charge in [-0.05, 0) is 24.5 Å². The van der Waals surface area contributed by atoms with Crippen molar-refractivity contribution in [3.8, 4) is 16.3 Å². The van der Waals surface area contributed by atoms with Crippen LogP contribution in [0.25, 0.3) is 10.6 Å². The lowest BCUT2D eigenvalue weighted by Gasteiger charge is -2.30. The Morgan fingerprint density at radius 2 is 2.00 bits per heavy atom. The van der Waals surface area contributed by atoms with Gasteiger partial charge in [-0.2, -0.15) is 0 Å². The molecule has 0 radical (unpaired) electrons. The van der Waals surface area contributed by atoms with E-state index in [4.69, 9.17) is 4.74 Å². The molecule has 0 saturated heterocycles. The molecule has 0 spiro atoms. The predicted octanol–water partition coefficient (Wildman–Crippen LogP) is 4.41. The lowest BCUT2D eigenvalue weighted by Crippen LogP contribution is -2.36. The average Bonchev–Trinajstić information content (AvgIpc) is 3.17. The molecule has 0 atom stereocenters. The summed E-state index contributed by atoms with van der Waals surface area (Å²) in [5.74, 6) is 0.674. The van der Waals surface area contributed by atoms with Gasteiger partial charge in [-0.15, -0.1) is 11.3 Å². The highest BCUT2D eigenvalue weighted by molar-refractivity contribution is 7.13. The second-order valence-corrected chi connectivity index (χ2v) is 6.79. The molecule has 25 heavy (non-hydrogen) atoms. The summed E-state index contributed by atoms with van der Waals surface area (Å²) in [5.41, 5.74) is 3.55. The molecule has 0 bridgehead atoms. The molecular weight excluding hydrogens is 332 g/mol. The number of hydrogen-bond donors (Lipinski definition) is 0. The van der Waals surface area contributed by atoms with E-state index in [1.54, 1.807) is 7.11 Å². The van der Waals surface area contributed by atoms with E-state index in [0.29, 0.717) is 12.2 Å². The van der Waals surface area contributed by atoms with E-state index < -0.39 is 0 Å². The Morgan fingerprint density at radius 3 is 2.80 bits per heavy atom. The topological polar surface area (TPSA) is 42.4 Å². The third kappa shape index (κ3) is 2.91. The van der Waals surface area contributed by atoms with Crippen LogP contribution in [0.15, 0.2) is 53.9 Å². The molecule has 126 valence electrons. The maximum Gasteiger partial charge on any atom is 0.277 e. The number of para-hydroxylation sites is 1. The quantitative estimate of drug-likeness (QED) is 0.702. The summed E-state index contributed by atoms with van der Waals surface area (Å²) in [6, 6.07) is 15.9. The Bertz CT molecular complexity index is 891. The van der Waals surface area contributed by atoms with Gasteiger partial charge in [-0.25, -0.2) is 4.98 Å². The lowest BCUT2D eigenvalue weighted by atomic mass is 10.0. The highest BCUT2D eigenvalue weighted by atomic mass is 32.1. The zero-order valence-corrected chi connectivity index (χ0v) is 14.8. The van der Waals surface area contributed by atoms with Gasteiger partial charge in [-0.3, -0.25) is 4.79 Å². The fourth-order valence-corrected chi connectivity index (χ4v) is 4.01. The van der Waals surface area contributed by atoms with Gasteiger partial charge >= 0.3 is 0 Å². The van der Waals surface area contributed by atoms with Gasteiger partial charge in [0.25, 0.3) is 5.91 Å². The molecule has 3 aromatic rings. The third-order valence-electron chi connectivity index (χ3n) is 4.39. The van der Waals surface area contributed by atoms with Crippen molar-refractivity contribution in [1.29, 1.82) is 0 Å². The summed E-state index contributed by atoms with van der Waals surface area (Å²) < 4.78 is 5.49. The predicted molar refractivity (Wildman–Crippen MR) is 101 cm³/mol. The van der Waals surface area contributed by atoms with Crippen LogP contribution in [0.4, 0.5) is 5.69 Å². The number of rotatable bonds is 3. The Hall–Kier alpha value is -2.66. The molecule has 5 heteroatoms. The second-order valence-electron chi connectivity index (χ2n) is 5.93. The maximum atomic E-state index is 13.1. The van der Waals surface area contributed by atoms with Crippen molar-refractivity contribution in [2.75, 3.05) is 18.6 Å². The number of carbonyl (C=O) groups excluding carboxylic acids is 1. The minimum Gasteiger partial charge on any atom is -0.495 e. The number of aromatic nitrogens is 1. The number of fused-ring (bicyclic) bond motifs is 1. The van der Waals surface area contributed by atoms with Crippen molar-refractivity contribution in [3.05, 3.63) is 65.2 Å². The van der Waals surface area contributed by atoms with E-state index >= 15 is 0 Å². The molecule has 1 aromatic heterocycles. The van der Waals surface area contributed by atoms with Crippen LogP contribution in [0.5, 0.6) is 5.75 Å². The molecule has 4 nitrogen and oxygen atoms in total. The summed E-state index contributed by atoms with van der Waals surface area (Å²) >= 11 is 1.50. The van der Waals surface area contributed by atoms with Crippen molar-refractivity contribution in [2.45, 2.75) is 12.8 Å². The Kier molecular flexibility index (Phi) is 4.24. The number of nitrogens with zero attached hydrogens (tertiary/aromatic N) is 2. The van der Waals surface area contributed by atoms with E-state index in [9.17, 15) is 4.79 Å². The van der Waals surface area contributed by atoms with Crippen LogP contribution in [0.2, 0.25) is 0 Å². The van der Waals surface area contributed by atoms with Gasteiger partial charge in [0.2, 0.25) is 0 Å². The summed E-state index contributed by atoms with van der Waals surface area (Å²) in [4.78, 5) is 19.5. The van der Waals surface area contributed by atoms with Crippen molar-refractivity contribution in [3.63, 3.8) is 0 Å². The van der Waals surface area contributed by atoms with E-state index in [0.717, 1.165) is 40.4 Å². The summed E-state index contributed by atoms with van der Waals surface area (Å²) in [5, 5.41) is 2.70. The zero-order valence-electron chi connectivity index (χ0n) is 13.9. The number of anilines is 1. The van der Waals surface area contributed by atoms with Crippen molar-refractivity contribution < 1.29 is 9.53 Å². The van der Waals surface area contributed by atoms with Crippen LogP contribution in [0, 0.1) is 0 Å². The third-order valence-corrected chi connectivity index (χ3v) is 5.28. The van der Waals surface area contributed by atoms with Gasteiger partial charge < -0.3 is 9.64 Å². The largest absolute Gasteiger partial charge is 0.495 e. The van der Waals surface area contributed by atoms with Crippen LogP contribution in [-0.2, 0) is 6.42 Å². The number of hydrogen-bond acceptors (Lipinski definition) is 4. The maximum absolute atomic E-state index is 13.1. The summed E-state index contributed by atoms with van der Waals surface area (Å²) in [6.45, 7) is 0.685. The number of benzene rings is 2. The van der Waals surface area contributed by atoms with Gasteiger partial charge in [-0.1, -0.05) is 42.5 Å². The van der Waals surface area contributed by atoms with Crippen LogP contribution in [0.3, 0.4) is 0 Å². The first-order chi connectivity index (χ1) is 12.3. The highest BCUT2D eigenvalue weighted by Crippen LogP contribution is 2.37. The van der Waals surface area contributed by atoms with Gasteiger partial charge in [0.1, 0.15) is 16.5 Å². The monoisotopic (exact) mass is 350 g/mol. The fraction of sp³-hybridized carbons (Fsp3) is 0.200. The minimum atomic E-state index is -0.0659. The number of methoxy groups -OCH3 is 1. The Balaban J connectivity index is 1.69. The number of thiazole rings is 1. The molecule has 0 N–H and O–H groups in total. The second kappa shape index (κ2) is 6.69. The Labute approximate surface area is 150 Å². The first-order valence-electron chi connectivity index (χ1n) is 8.26. The number of carbonyl (C=O) groups is 1. The molecule has 4 rings (SSSR count). The molecule has 0 aliphatic carbocycles. The molecule has 0 fully saturated rings. The normalized spacial score (nSPS) is 13.4. The molecule has 1 aliphatic rings. The lowest BCUT2D eigenvalue weighted by molar-refractivity contribution is 0.0980. The summed E-state index contributed by atoms with van der Waals surface area (Å²) in [7, 11) is 1.64. The van der Waals surface area contributed by atoms with Crippen molar-refractivity contribution in [2.24, 2.45) is 0 Å². The zero-order chi connectivity index (χ0) is 17.2. The molecule has 1 aliphatic heterocycles. The molecule has 0 unspecified atom stereocenters. The Morgan fingerprint density at radius 1 is 1.16 bits per heavy atom. The van der Waals surface area contributed by atoms with Crippen molar-refractivity contribution >= 4 is 22.9 Å². The minimum absolute atomic E-state index is 0.0659. The molecule has 1 amide bonds. The molecular formula is C20H18N2O2S. The standard InChI is InChI=1S/C20H18N2O2S/c1-24-17-11-5-9-14-10-6-12-22(18(14)17)20(23)16-13-25-19(21-16)15-7-3-2-4-8-15/h2-5,7-9,11,13H,6,10,12H2,1H3. The number of aryl methyl sites for hydroxylation is 1. The molecule has 2 heterocycles. The fourth-order valence-electron chi connectivity index (χ4n) is 3.21. The number of amides is 1. The van der Waals surface area contributed by atoms with E-state index in [1.807, 2.05) is 52.7 Å². The number of ether oxygens (including phenoxy) is 1. The smallest absolute Gasteiger partial charge is 0.277 e. The van der Waals surface area contributed by atoms with E-state index in [-0.39, 0.29) is 5.91 Å². The van der Waals surface area contributed by atoms with Gasteiger partial charge in [0.15, 0.2) is 0 Å². The first-order valence-corrected chi connectivity index (χ1v) is 9.14. The first kappa shape index (κ1) is 15.8. The van der Waals surface area contributed by atoms with E-state index in [1.165, 1.54) is 11.3 Å². The summed E-state index contributed by atoms with van der Waals surface area (Å²) in [6.07, 6.45) is 1.91. The highest BCUT2D eigenvalue weighted by Gasteiger charge is 2.28. The van der Waals surface area contributed by atoms with Crippen LogP contribution in [-0.4, -0.2) is 24.5 Å². The van der Waals surface area contributed by atoms with Crippen LogP contribution in [0.1, 0.15) is 22.5 Å². The van der Waals surface area contributed by atoms with Crippen molar-refractivity contribution in [1.82, 2.24) is 4.98 Å². The molecule has 0 saturated carbocycles. The average molecular weight is 350 g/mol.